The Morgan fingerprint density at radius 3 is 2.70 bits per heavy atom. The SMILES string of the molecule is Cc1ccc(CNC(=NCC(=O)N(C)C)NC2CCc3ccccc3C2)s1. The molecular formula is C21H28N4OS. The van der Waals surface area contributed by atoms with Gasteiger partial charge in [-0.1, -0.05) is 24.3 Å². The summed E-state index contributed by atoms with van der Waals surface area (Å²) >= 11 is 1.78. The van der Waals surface area contributed by atoms with Crippen molar-refractivity contribution in [2.75, 3.05) is 20.6 Å². The fraction of sp³-hybridized carbons (Fsp3) is 0.429. The van der Waals surface area contributed by atoms with Gasteiger partial charge in [-0.2, -0.15) is 0 Å². The number of amides is 1. The maximum absolute atomic E-state index is 11.9. The molecule has 27 heavy (non-hydrogen) atoms. The summed E-state index contributed by atoms with van der Waals surface area (Å²) in [6.45, 7) is 2.97. The van der Waals surface area contributed by atoms with Crippen molar-refractivity contribution in [3.05, 3.63) is 57.3 Å². The number of hydrogen-bond acceptors (Lipinski definition) is 3. The molecule has 1 aromatic carbocycles. The Bertz CT molecular complexity index is 812. The molecular weight excluding hydrogens is 356 g/mol. The van der Waals surface area contributed by atoms with Crippen LogP contribution in [0.2, 0.25) is 0 Å². The highest BCUT2D eigenvalue weighted by molar-refractivity contribution is 7.11. The molecule has 1 aliphatic rings. The van der Waals surface area contributed by atoms with E-state index in [9.17, 15) is 4.79 Å². The van der Waals surface area contributed by atoms with E-state index in [0.717, 1.165) is 19.3 Å². The van der Waals surface area contributed by atoms with Gasteiger partial charge in [0, 0.05) is 29.9 Å². The molecule has 0 spiro atoms. The molecule has 1 aromatic heterocycles. The van der Waals surface area contributed by atoms with Crippen molar-refractivity contribution in [1.29, 1.82) is 0 Å². The number of guanidine groups is 1. The summed E-state index contributed by atoms with van der Waals surface area (Å²) in [7, 11) is 3.51. The lowest BCUT2D eigenvalue weighted by atomic mass is 9.88. The molecule has 0 saturated heterocycles. The second-order valence-corrected chi connectivity index (χ2v) is 8.54. The van der Waals surface area contributed by atoms with Crippen LogP contribution in [0.1, 0.15) is 27.3 Å². The average Bonchev–Trinajstić information content (AvgIpc) is 3.08. The molecule has 2 aromatic rings. The quantitative estimate of drug-likeness (QED) is 0.616. The molecule has 0 fully saturated rings. The Labute approximate surface area is 165 Å². The van der Waals surface area contributed by atoms with E-state index in [4.69, 9.17) is 0 Å². The molecule has 2 N–H and O–H groups in total. The number of benzene rings is 1. The summed E-state index contributed by atoms with van der Waals surface area (Å²) in [5.74, 6) is 0.706. The third kappa shape index (κ3) is 5.57. The van der Waals surface area contributed by atoms with Crippen molar-refractivity contribution in [3.8, 4) is 0 Å². The molecule has 0 radical (unpaired) electrons. The van der Waals surface area contributed by atoms with Gasteiger partial charge in [0.1, 0.15) is 6.54 Å². The highest BCUT2D eigenvalue weighted by Crippen LogP contribution is 2.21. The number of aryl methyl sites for hydroxylation is 2. The van der Waals surface area contributed by atoms with Gasteiger partial charge in [-0.3, -0.25) is 4.79 Å². The molecule has 1 amide bonds. The molecule has 0 bridgehead atoms. The highest BCUT2D eigenvalue weighted by atomic mass is 32.1. The van der Waals surface area contributed by atoms with Crippen molar-refractivity contribution < 1.29 is 4.79 Å². The Kier molecular flexibility index (Phi) is 6.50. The van der Waals surface area contributed by atoms with Crippen LogP contribution in [0.25, 0.3) is 0 Å². The first-order valence-corrected chi connectivity index (χ1v) is 10.2. The van der Waals surface area contributed by atoms with Crippen molar-refractivity contribution in [2.45, 2.75) is 38.8 Å². The topological polar surface area (TPSA) is 56.7 Å². The number of thiophene rings is 1. The number of nitrogens with zero attached hydrogens (tertiary/aromatic N) is 2. The zero-order valence-electron chi connectivity index (χ0n) is 16.3. The lowest BCUT2D eigenvalue weighted by Gasteiger charge is -2.27. The fourth-order valence-electron chi connectivity index (χ4n) is 3.21. The minimum Gasteiger partial charge on any atom is -0.353 e. The van der Waals surface area contributed by atoms with Crippen LogP contribution in [0.15, 0.2) is 41.4 Å². The standard InChI is InChI=1S/C21H28N4OS/c1-15-8-11-19(27-15)13-22-21(23-14-20(26)25(2)3)24-18-10-9-16-6-4-5-7-17(16)12-18/h4-8,11,18H,9-10,12-14H2,1-3H3,(H2,22,23,24). The first kappa shape index (κ1) is 19.4. The van der Waals surface area contributed by atoms with E-state index in [2.05, 4.69) is 58.9 Å². The first-order chi connectivity index (χ1) is 13.0. The maximum atomic E-state index is 11.9. The Hall–Kier alpha value is -2.34. The van der Waals surface area contributed by atoms with E-state index in [0.29, 0.717) is 18.5 Å². The van der Waals surface area contributed by atoms with Crippen LogP contribution in [-0.2, 0) is 24.2 Å². The average molecular weight is 385 g/mol. The molecule has 144 valence electrons. The van der Waals surface area contributed by atoms with Gasteiger partial charge in [-0.05, 0) is 49.4 Å². The van der Waals surface area contributed by atoms with Crippen molar-refractivity contribution in [2.24, 2.45) is 4.99 Å². The van der Waals surface area contributed by atoms with Crippen molar-refractivity contribution >= 4 is 23.2 Å². The van der Waals surface area contributed by atoms with Gasteiger partial charge in [0.05, 0.1) is 6.54 Å². The number of aliphatic imine (C=N–C) groups is 1. The molecule has 1 unspecified atom stereocenters. The van der Waals surface area contributed by atoms with E-state index >= 15 is 0 Å². The van der Waals surface area contributed by atoms with E-state index in [1.165, 1.54) is 20.9 Å². The Morgan fingerprint density at radius 2 is 2.00 bits per heavy atom. The minimum atomic E-state index is -0.00272. The Balaban J connectivity index is 1.65. The van der Waals surface area contributed by atoms with Crippen LogP contribution < -0.4 is 10.6 Å². The maximum Gasteiger partial charge on any atom is 0.243 e. The zero-order valence-corrected chi connectivity index (χ0v) is 17.1. The van der Waals surface area contributed by atoms with Crippen LogP contribution in [0.4, 0.5) is 0 Å². The lowest BCUT2D eigenvalue weighted by Crippen LogP contribution is -2.46. The van der Waals surface area contributed by atoms with E-state index in [1.807, 2.05) is 0 Å². The summed E-state index contributed by atoms with van der Waals surface area (Å²) in [5.41, 5.74) is 2.85. The molecule has 5 nitrogen and oxygen atoms in total. The first-order valence-electron chi connectivity index (χ1n) is 9.38. The number of fused-ring (bicyclic) bond motifs is 1. The van der Waals surface area contributed by atoms with Crippen molar-refractivity contribution in [1.82, 2.24) is 15.5 Å². The van der Waals surface area contributed by atoms with Gasteiger partial charge < -0.3 is 15.5 Å². The molecule has 6 heteroatoms. The Morgan fingerprint density at radius 1 is 1.22 bits per heavy atom. The minimum absolute atomic E-state index is 0.00272. The summed E-state index contributed by atoms with van der Waals surface area (Å²) in [5, 5.41) is 6.93. The van der Waals surface area contributed by atoms with Crippen LogP contribution in [-0.4, -0.2) is 43.4 Å². The monoisotopic (exact) mass is 384 g/mol. The predicted molar refractivity (Wildman–Crippen MR) is 112 cm³/mol. The van der Waals surface area contributed by atoms with Crippen LogP contribution in [0.3, 0.4) is 0 Å². The van der Waals surface area contributed by atoms with Gasteiger partial charge in [0.25, 0.3) is 0 Å². The summed E-state index contributed by atoms with van der Waals surface area (Å²) < 4.78 is 0. The van der Waals surface area contributed by atoms with Crippen molar-refractivity contribution in [3.63, 3.8) is 0 Å². The van der Waals surface area contributed by atoms with Gasteiger partial charge >= 0.3 is 0 Å². The number of rotatable bonds is 5. The third-order valence-electron chi connectivity index (χ3n) is 4.78. The van der Waals surface area contributed by atoms with E-state index in [-0.39, 0.29) is 12.5 Å². The second kappa shape index (κ2) is 9.04. The number of nitrogens with one attached hydrogen (secondary N) is 2. The predicted octanol–water partition coefficient (Wildman–Crippen LogP) is 2.74. The molecule has 1 atom stereocenters. The number of likely N-dealkylation sites (N-methyl/N-ethyl adjacent to an activating group) is 1. The van der Waals surface area contributed by atoms with Gasteiger partial charge in [-0.25, -0.2) is 4.99 Å². The van der Waals surface area contributed by atoms with Crippen LogP contribution in [0, 0.1) is 6.92 Å². The van der Waals surface area contributed by atoms with Crippen LogP contribution >= 0.6 is 11.3 Å². The van der Waals surface area contributed by atoms with Gasteiger partial charge in [-0.15, -0.1) is 11.3 Å². The molecule has 0 saturated carbocycles. The number of hydrogen-bond donors (Lipinski definition) is 2. The largest absolute Gasteiger partial charge is 0.353 e. The number of carbonyl (C=O) groups is 1. The molecule has 3 rings (SSSR count). The smallest absolute Gasteiger partial charge is 0.243 e. The summed E-state index contributed by atoms with van der Waals surface area (Å²) in [4.78, 5) is 20.6. The normalized spacial score (nSPS) is 16.6. The van der Waals surface area contributed by atoms with Crippen LogP contribution in [0.5, 0.6) is 0 Å². The van der Waals surface area contributed by atoms with Gasteiger partial charge in [0.15, 0.2) is 5.96 Å². The zero-order chi connectivity index (χ0) is 19.2. The highest BCUT2D eigenvalue weighted by Gasteiger charge is 2.19. The summed E-state index contributed by atoms with van der Waals surface area (Å²) in [6.07, 6.45) is 3.12. The molecule has 1 aliphatic carbocycles. The van der Waals surface area contributed by atoms with E-state index in [1.54, 1.807) is 30.3 Å². The molecule has 0 aliphatic heterocycles. The fourth-order valence-corrected chi connectivity index (χ4v) is 4.04. The van der Waals surface area contributed by atoms with Gasteiger partial charge in [0.2, 0.25) is 5.91 Å². The second-order valence-electron chi connectivity index (χ2n) is 7.17. The number of carbonyl (C=O) groups excluding carboxylic acids is 1. The molecule has 1 heterocycles. The third-order valence-corrected chi connectivity index (χ3v) is 5.79. The lowest BCUT2D eigenvalue weighted by molar-refractivity contribution is -0.127. The van der Waals surface area contributed by atoms with E-state index < -0.39 is 0 Å². The summed E-state index contributed by atoms with van der Waals surface area (Å²) in [6, 6.07) is 13.2.